The molecule has 1 N–H and O–H groups in total. The largest absolute Gasteiger partial charge is 0.316 e. The molecule has 19 heavy (non-hydrogen) atoms. The highest BCUT2D eigenvalue weighted by Gasteiger charge is 2.36. The highest BCUT2D eigenvalue weighted by Crippen LogP contribution is 2.43. The molecule has 2 heteroatoms. The van der Waals surface area contributed by atoms with Crippen molar-refractivity contribution >= 4 is 11.8 Å². The van der Waals surface area contributed by atoms with Crippen LogP contribution in [0.25, 0.3) is 0 Å². The standard InChI is InChI=1S/C17H35NS/c1-6-8-9-12-19-16-13-14(17(3,4)7-2)10-11-15(16)18-5/h14-16,18H,6-13H2,1-5H3. The third kappa shape index (κ3) is 5.30. The van der Waals surface area contributed by atoms with Crippen molar-refractivity contribution in [3.63, 3.8) is 0 Å². The number of thioether (sulfide) groups is 1. The van der Waals surface area contributed by atoms with E-state index in [-0.39, 0.29) is 0 Å². The average Bonchev–Trinajstić information content (AvgIpc) is 2.43. The van der Waals surface area contributed by atoms with Gasteiger partial charge in [0.1, 0.15) is 0 Å². The maximum absolute atomic E-state index is 3.56. The zero-order valence-corrected chi connectivity index (χ0v) is 14.6. The van der Waals surface area contributed by atoms with Gasteiger partial charge in [-0.1, -0.05) is 47.0 Å². The van der Waals surface area contributed by atoms with Gasteiger partial charge in [0.15, 0.2) is 0 Å². The van der Waals surface area contributed by atoms with Crippen LogP contribution in [0, 0.1) is 11.3 Å². The Morgan fingerprint density at radius 1 is 1.16 bits per heavy atom. The fourth-order valence-electron chi connectivity index (χ4n) is 3.23. The topological polar surface area (TPSA) is 12.0 Å². The normalized spacial score (nSPS) is 28.6. The van der Waals surface area contributed by atoms with Crippen molar-refractivity contribution < 1.29 is 0 Å². The Morgan fingerprint density at radius 2 is 1.89 bits per heavy atom. The first-order valence-electron chi connectivity index (χ1n) is 8.34. The third-order valence-electron chi connectivity index (χ3n) is 5.26. The van der Waals surface area contributed by atoms with Crippen LogP contribution in [0.5, 0.6) is 0 Å². The lowest BCUT2D eigenvalue weighted by molar-refractivity contribution is 0.142. The number of hydrogen-bond donors (Lipinski definition) is 1. The molecular formula is C17H35NS. The molecule has 0 amide bonds. The van der Waals surface area contributed by atoms with Gasteiger partial charge in [-0.05, 0) is 49.8 Å². The second-order valence-corrected chi connectivity index (χ2v) is 8.21. The van der Waals surface area contributed by atoms with Crippen molar-refractivity contribution in [2.24, 2.45) is 11.3 Å². The Kier molecular flexibility index (Phi) is 7.83. The van der Waals surface area contributed by atoms with E-state index in [9.17, 15) is 0 Å². The fourth-order valence-corrected chi connectivity index (χ4v) is 4.78. The van der Waals surface area contributed by atoms with Gasteiger partial charge in [0.2, 0.25) is 0 Å². The molecule has 114 valence electrons. The van der Waals surface area contributed by atoms with Gasteiger partial charge in [-0.3, -0.25) is 0 Å². The molecule has 0 radical (unpaired) electrons. The van der Waals surface area contributed by atoms with E-state index in [1.807, 2.05) is 0 Å². The van der Waals surface area contributed by atoms with Crippen LogP contribution in [0.1, 0.15) is 72.6 Å². The lowest BCUT2D eigenvalue weighted by Gasteiger charge is -2.43. The predicted octanol–water partition coefficient (Wildman–Crippen LogP) is 5.10. The summed E-state index contributed by atoms with van der Waals surface area (Å²) >= 11 is 2.24. The monoisotopic (exact) mass is 285 g/mol. The van der Waals surface area contributed by atoms with Gasteiger partial charge in [-0.15, -0.1) is 0 Å². The van der Waals surface area contributed by atoms with Gasteiger partial charge in [0.25, 0.3) is 0 Å². The molecule has 1 aliphatic carbocycles. The molecule has 3 atom stereocenters. The first kappa shape index (κ1) is 17.4. The number of hydrogen-bond acceptors (Lipinski definition) is 2. The lowest BCUT2D eigenvalue weighted by Crippen LogP contribution is -2.43. The second-order valence-electron chi connectivity index (χ2n) is 6.86. The molecule has 0 bridgehead atoms. The summed E-state index contributed by atoms with van der Waals surface area (Å²) in [5, 5.41) is 4.40. The molecule has 0 saturated heterocycles. The molecule has 1 nitrogen and oxygen atoms in total. The van der Waals surface area contributed by atoms with Crippen molar-refractivity contribution in [3.8, 4) is 0 Å². The molecule has 1 fully saturated rings. The molecule has 0 aliphatic heterocycles. The number of unbranched alkanes of at least 4 members (excludes halogenated alkanes) is 2. The predicted molar refractivity (Wildman–Crippen MR) is 90.0 cm³/mol. The molecular weight excluding hydrogens is 250 g/mol. The minimum Gasteiger partial charge on any atom is -0.316 e. The molecule has 1 saturated carbocycles. The van der Waals surface area contributed by atoms with Crippen LogP contribution < -0.4 is 5.32 Å². The third-order valence-corrected chi connectivity index (χ3v) is 6.73. The molecule has 0 aromatic carbocycles. The van der Waals surface area contributed by atoms with E-state index in [4.69, 9.17) is 0 Å². The fraction of sp³-hybridized carbons (Fsp3) is 1.00. The van der Waals surface area contributed by atoms with Crippen LogP contribution in [0.4, 0.5) is 0 Å². The van der Waals surface area contributed by atoms with Crippen LogP contribution in [0.2, 0.25) is 0 Å². The van der Waals surface area contributed by atoms with Crippen molar-refractivity contribution in [2.75, 3.05) is 12.8 Å². The summed E-state index contributed by atoms with van der Waals surface area (Å²) in [5.41, 5.74) is 0.529. The van der Waals surface area contributed by atoms with Crippen molar-refractivity contribution in [3.05, 3.63) is 0 Å². The zero-order chi connectivity index (χ0) is 14.3. The highest BCUT2D eigenvalue weighted by molar-refractivity contribution is 7.99. The molecule has 1 rings (SSSR count). The Labute approximate surface area is 125 Å². The molecule has 0 spiro atoms. The summed E-state index contributed by atoms with van der Waals surface area (Å²) in [7, 11) is 2.15. The Morgan fingerprint density at radius 3 is 2.47 bits per heavy atom. The summed E-state index contributed by atoms with van der Waals surface area (Å²) in [4.78, 5) is 0. The first-order chi connectivity index (χ1) is 9.05. The minimum atomic E-state index is 0.529. The molecule has 0 aromatic rings. The van der Waals surface area contributed by atoms with Crippen LogP contribution >= 0.6 is 11.8 Å². The van der Waals surface area contributed by atoms with Crippen LogP contribution in [0.3, 0.4) is 0 Å². The summed E-state index contributed by atoms with van der Waals surface area (Å²) in [6.07, 6.45) is 9.66. The summed E-state index contributed by atoms with van der Waals surface area (Å²) in [6.45, 7) is 9.58. The maximum Gasteiger partial charge on any atom is 0.0203 e. The first-order valence-corrected chi connectivity index (χ1v) is 9.38. The lowest BCUT2D eigenvalue weighted by atomic mass is 9.68. The van der Waals surface area contributed by atoms with E-state index in [2.05, 4.69) is 51.8 Å². The van der Waals surface area contributed by atoms with E-state index in [0.717, 1.165) is 17.2 Å². The Hall–Kier alpha value is 0.310. The van der Waals surface area contributed by atoms with Crippen LogP contribution in [-0.4, -0.2) is 24.1 Å². The van der Waals surface area contributed by atoms with Crippen LogP contribution in [-0.2, 0) is 0 Å². The van der Waals surface area contributed by atoms with Crippen LogP contribution in [0.15, 0.2) is 0 Å². The van der Waals surface area contributed by atoms with Gasteiger partial charge in [0, 0.05) is 11.3 Å². The molecule has 0 heterocycles. The van der Waals surface area contributed by atoms with E-state index >= 15 is 0 Å². The minimum absolute atomic E-state index is 0.529. The number of nitrogens with one attached hydrogen (secondary N) is 1. The van der Waals surface area contributed by atoms with Gasteiger partial charge < -0.3 is 5.32 Å². The smallest absolute Gasteiger partial charge is 0.0203 e. The van der Waals surface area contributed by atoms with Gasteiger partial charge in [-0.2, -0.15) is 11.8 Å². The summed E-state index contributed by atoms with van der Waals surface area (Å²) in [6, 6.07) is 0.746. The second kappa shape index (κ2) is 8.56. The van der Waals surface area contributed by atoms with E-state index in [0.29, 0.717) is 5.41 Å². The van der Waals surface area contributed by atoms with E-state index < -0.39 is 0 Å². The van der Waals surface area contributed by atoms with Crippen molar-refractivity contribution in [1.82, 2.24) is 5.32 Å². The van der Waals surface area contributed by atoms with Crippen molar-refractivity contribution in [2.45, 2.75) is 83.9 Å². The maximum atomic E-state index is 3.56. The Balaban J connectivity index is 2.49. The van der Waals surface area contributed by atoms with Crippen molar-refractivity contribution in [1.29, 1.82) is 0 Å². The quantitative estimate of drug-likeness (QED) is 0.622. The summed E-state index contributed by atoms with van der Waals surface area (Å²) in [5.74, 6) is 2.28. The average molecular weight is 286 g/mol. The SMILES string of the molecule is CCCCCSC1CC(C(C)(C)CC)CCC1NC. The zero-order valence-electron chi connectivity index (χ0n) is 13.8. The van der Waals surface area contributed by atoms with Gasteiger partial charge in [-0.25, -0.2) is 0 Å². The highest BCUT2D eigenvalue weighted by atomic mass is 32.2. The number of rotatable bonds is 8. The van der Waals surface area contributed by atoms with E-state index in [1.54, 1.807) is 0 Å². The summed E-state index contributed by atoms with van der Waals surface area (Å²) < 4.78 is 0. The van der Waals surface area contributed by atoms with E-state index in [1.165, 1.54) is 50.7 Å². The molecule has 3 unspecified atom stereocenters. The molecule has 0 aromatic heterocycles. The van der Waals surface area contributed by atoms with Gasteiger partial charge in [0.05, 0.1) is 0 Å². The van der Waals surface area contributed by atoms with Gasteiger partial charge >= 0.3 is 0 Å². The Bertz CT molecular complexity index is 239. The molecule has 1 aliphatic rings.